The Hall–Kier alpha value is -3.42. The molecule has 0 bridgehead atoms. The molecule has 7 nitrogen and oxygen atoms in total. The summed E-state index contributed by atoms with van der Waals surface area (Å²) in [7, 11) is 1.54. The normalized spacial score (nSPS) is 10.6. The third-order valence-electron chi connectivity index (χ3n) is 3.78. The van der Waals surface area contributed by atoms with E-state index in [1.807, 2.05) is 6.92 Å². The molecule has 2 aromatic carbocycles. The molecule has 0 saturated carbocycles. The number of carbonyl (C=O) groups excluding carboxylic acids is 2. The van der Waals surface area contributed by atoms with Gasteiger partial charge < -0.3 is 14.8 Å². The number of para-hydroxylation sites is 1. The van der Waals surface area contributed by atoms with Crippen LogP contribution in [0.15, 0.2) is 47.6 Å². The van der Waals surface area contributed by atoms with Crippen LogP contribution in [0.3, 0.4) is 0 Å². The van der Waals surface area contributed by atoms with Crippen molar-refractivity contribution in [2.45, 2.75) is 26.2 Å². The van der Waals surface area contributed by atoms with Crippen LogP contribution in [0.5, 0.6) is 11.5 Å². The van der Waals surface area contributed by atoms with Crippen molar-refractivity contribution in [3.63, 3.8) is 0 Å². The van der Waals surface area contributed by atoms with Gasteiger partial charge in [-0.1, -0.05) is 19.1 Å². The average molecular weight is 401 g/mol. The highest BCUT2D eigenvalue weighted by Crippen LogP contribution is 2.27. The number of hydrogen-bond acceptors (Lipinski definition) is 5. The number of ether oxygens (including phenoxy) is 2. The number of benzene rings is 2. The molecule has 0 radical (unpaired) electrons. The molecular weight excluding hydrogens is 377 g/mol. The SMILES string of the molecule is CCCOc1ccc(C=NNC(=O)CCC(=O)Nc2ccccc2F)cc1OC. The van der Waals surface area contributed by atoms with Gasteiger partial charge in [0.2, 0.25) is 11.8 Å². The lowest BCUT2D eigenvalue weighted by Crippen LogP contribution is -2.21. The number of methoxy groups -OCH3 is 1. The van der Waals surface area contributed by atoms with Gasteiger partial charge in [0.15, 0.2) is 11.5 Å². The first-order chi connectivity index (χ1) is 14.0. The van der Waals surface area contributed by atoms with Gasteiger partial charge in [0, 0.05) is 12.8 Å². The second-order valence-corrected chi connectivity index (χ2v) is 6.08. The number of carbonyl (C=O) groups is 2. The van der Waals surface area contributed by atoms with Crippen LogP contribution in [0.1, 0.15) is 31.7 Å². The minimum Gasteiger partial charge on any atom is -0.493 e. The van der Waals surface area contributed by atoms with E-state index in [0.717, 1.165) is 6.42 Å². The molecule has 0 aliphatic heterocycles. The third-order valence-corrected chi connectivity index (χ3v) is 3.78. The topological polar surface area (TPSA) is 89.0 Å². The lowest BCUT2D eigenvalue weighted by molar-refractivity contribution is -0.124. The molecule has 0 aromatic heterocycles. The van der Waals surface area contributed by atoms with Gasteiger partial charge in [-0.15, -0.1) is 0 Å². The minimum atomic E-state index is -0.531. The standard InChI is InChI=1S/C21H24FN3O4/c1-3-12-29-18-9-8-15(13-19(18)28-2)14-23-25-21(27)11-10-20(26)24-17-7-5-4-6-16(17)22/h4-9,13-14H,3,10-12H2,1-2H3,(H,24,26)(H,25,27). The van der Waals surface area contributed by atoms with Crippen LogP contribution in [0.2, 0.25) is 0 Å². The molecule has 2 aromatic rings. The van der Waals surface area contributed by atoms with E-state index in [-0.39, 0.29) is 18.5 Å². The van der Waals surface area contributed by atoms with Crippen molar-refractivity contribution in [3.05, 3.63) is 53.8 Å². The molecule has 8 heteroatoms. The maximum Gasteiger partial charge on any atom is 0.240 e. The molecule has 0 aliphatic carbocycles. The van der Waals surface area contributed by atoms with E-state index in [2.05, 4.69) is 15.8 Å². The monoisotopic (exact) mass is 401 g/mol. The Morgan fingerprint density at radius 1 is 1.10 bits per heavy atom. The van der Waals surface area contributed by atoms with Crippen molar-refractivity contribution < 1.29 is 23.5 Å². The van der Waals surface area contributed by atoms with Gasteiger partial charge >= 0.3 is 0 Å². The summed E-state index contributed by atoms with van der Waals surface area (Å²) >= 11 is 0. The van der Waals surface area contributed by atoms with E-state index in [0.29, 0.717) is 23.7 Å². The molecule has 2 N–H and O–H groups in total. The van der Waals surface area contributed by atoms with Gasteiger partial charge in [0.1, 0.15) is 5.82 Å². The fourth-order valence-corrected chi connectivity index (χ4v) is 2.33. The number of hydrogen-bond donors (Lipinski definition) is 2. The van der Waals surface area contributed by atoms with Crippen LogP contribution in [0.4, 0.5) is 10.1 Å². The summed E-state index contributed by atoms with van der Waals surface area (Å²) in [4.78, 5) is 23.6. The fraction of sp³-hybridized carbons (Fsp3) is 0.286. The summed E-state index contributed by atoms with van der Waals surface area (Å²) < 4.78 is 24.4. The zero-order valence-corrected chi connectivity index (χ0v) is 16.4. The number of nitrogens with zero attached hydrogens (tertiary/aromatic N) is 1. The minimum absolute atomic E-state index is 0.0786. The number of hydrazone groups is 1. The second kappa shape index (κ2) is 11.4. The summed E-state index contributed by atoms with van der Waals surface area (Å²) in [5.41, 5.74) is 3.14. The summed E-state index contributed by atoms with van der Waals surface area (Å²) in [6.07, 6.45) is 2.18. The Kier molecular flexibility index (Phi) is 8.62. The third kappa shape index (κ3) is 7.25. The number of halogens is 1. The van der Waals surface area contributed by atoms with E-state index >= 15 is 0 Å². The molecule has 154 valence electrons. The first-order valence-electron chi connectivity index (χ1n) is 9.20. The average Bonchev–Trinajstić information content (AvgIpc) is 2.72. The van der Waals surface area contributed by atoms with Crippen molar-refractivity contribution in [2.24, 2.45) is 5.10 Å². The first kappa shape index (κ1) is 21.9. The Morgan fingerprint density at radius 3 is 2.59 bits per heavy atom. The summed E-state index contributed by atoms with van der Waals surface area (Å²) in [5.74, 6) is -0.215. The summed E-state index contributed by atoms with van der Waals surface area (Å²) in [6, 6.07) is 11.1. The molecule has 0 aliphatic rings. The van der Waals surface area contributed by atoms with E-state index in [1.54, 1.807) is 31.4 Å². The van der Waals surface area contributed by atoms with Gasteiger partial charge in [0.25, 0.3) is 0 Å². The van der Waals surface area contributed by atoms with Gasteiger partial charge in [0.05, 0.1) is 25.6 Å². The largest absolute Gasteiger partial charge is 0.493 e. The summed E-state index contributed by atoms with van der Waals surface area (Å²) in [5, 5.41) is 6.29. The van der Waals surface area contributed by atoms with Crippen LogP contribution in [-0.4, -0.2) is 31.7 Å². The number of anilines is 1. The number of rotatable bonds is 10. The lowest BCUT2D eigenvalue weighted by Gasteiger charge is -2.10. The summed E-state index contributed by atoms with van der Waals surface area (Å²) in [6.45, 7) is 2.60. The maximum atomic E-state index is 13.5. The van der Waals surface area contributed by atoms with Crippen LogP contribution < -0.4 is 20.2 Å². The smallest absolute Gasteiger partial charge is 0.240 e. The van der Waals surface area contributed by atoms with Crippen LogP contribution in [0.25, 0.3) is 0 Å². The second-order valence-electron chi connectivity index (χ2n) is 6.08. The van der Waals surface area contributed by atoms with E-state index in [9.17, 15) is 14.0 Å². The van der Waals surface area contributed by atoms with Gasteiger partial charge in [-0.2, -0.15) is 5.10 Å². The van der Waals surface area contributed by atoms with E-state index < -0.39 is 17.6 Å². The Bertz CT molecular complexity index is 871. The van der Waals surface area contributed by atoms with Crippen LogP contribution >= 0.6 is 0 Å². The molecule has 2 rings (SSSR count). The van der Waals surface area contributed by atoms with Gasteiger partial charge in [-0.3, -0.25) is 9.59 Å². The van der Waals surface area contributed by atoms with Crippen molar-refractivity contribution in [2.75, 3.05) is 19.0 Å². The highest BCUT2D eigenvalue weighted by molar-refractivity contribution is 5.93. The zero-order valence-electron chi connectivity index (χ0n) is 16.4. The molecule has 2 amide bonds. The molecule has 29 heavy (non-hydrogen) atoms. The van der Waals surface area contributed by atoms with Gasteiger partial charge in [-0.25, -0.2) is 9.82 Å². The predicted molar refractivity (Wildman–Crippen MR) is 109 cm³/mol. The predicted octanol–water partition coefficient (Wildman–Crippen LogP) is 3.49. The highest BCUT2D eigenvalue weighted by Gasteiger charge is 2.09. The van der Waals surface area contributed by atoms with Crippen LogP contribution in [-0.2, 0) is 9.59 Å². The number of nitrogens with one attached hydrogen (secondary N) is 2. The van der Waals surface area contributed by atoms with Gasteiger partial charge in [-0.05, 0) is 42.3 Å². The molecule has 0 unspecified atom stereocenters. The number of amides is 2. The van der Waals surface area contributed by atoms with E-state index in [4.69, 9.17) is 9.47 Å². The van der Waals surface area contributed by atoms with Crippen LogP contribution in [0, 0.1) is 5.82 Å². The van der Waals surface area contributed by atoms with Crippen molar-refractivity contribution in [1.29, 1.82) is 0 Å². The zero-order chi connectivity index (χ0) is 21.1. The maximum absolute atomic E-state index is 13.5. The Balaban J connectivity index is 1.80. The first-order valence-corrected chi connectivity index (χ1v) is 9.20. The highest BCUT2D eigenvalue weighted by atomic mass is 19.1. The van der Waals surface area contributed by atoms with Crippen molar-refractivity contribution >= 4 is 23.7 Å². The Morgan fingerprint density at radius 2 is 1.86 bits per heavy atom. The fourth-order valence-electron chi connectivity index (χ4n) is 2.33. The van der Waals surface area contributed by atoms with Crippen molar-refractivity contribution in [3.8, 4) is 11.5 Å². The van der Waals surface area contributed by atoms with E-state index in [1.165, 1.54) is 24.4 Å². The molecule has 0 heterocycles. The molecular formula is C21H24FN3O4. The van der Waals surface area contributed by atoms with Crippen molar-refractivity contribution in [1.82, 2.24) is 5.43 Å². The lowest BCUT2D eigenvalue weighted by atomic mass is 10.2. The molecule has 0 spiro atoms. The Labute approximate surface area is 168 Å². The quantitative estimate of drug-likeness (QED) is 0.471. The molecule has 0 fully saturated rings. The molecule has 0 atom stereocenters. The molecule has 0 saturated heterocycles.